The van der Waals surface area contributed by atoms with E-state index in [1.807, 2.05) is 59.7 Å². The second-order valence-corrected chi connectivity index (χ2v) is 8.91. The van der Waals surface area contributed by atoms with Crippen LogP contribution >= 0.6 is 0 Å². The summed E-state index contributed by atoms with van der Waals surface area (Å²) in [6.45, 7) is 4.98. The van der Waals surface area contributed by atoms with Gasteiger partial charge in [-0.2, -0.15) is 5.10 Å². The largest absolute Gasteiger partial charge is 0.355 e. The summed E-state index contributed by atoms with van der Waals surface area (Å²) in [5, 5.41) is 7.55. The van der Waals surface area contributed by atoms with Crippen molar-refractivity contribution in [1.82, 2.24) is 29.1 Å². The number of hydrogen-bond donors (Lipinski definition) is 1. The Morgan fingerprint density at radius 3 is 2.56 bits per heavy atom. The van der Waals surface area contributed by atoms with Gasteiger partial charge in [0.25, 0.3) is 0 Å². The van der Waals surface area contributed by atoms with Gasteiger partial charge in [0, 0.05) is 36.6 Å². The Morgan fingerprint density at radius 1 is 1.03 bits per heavy atom. The van der Waals surface area contributed by atoms with Crippen LogP contribution in [-0.2, 0) is 4.79 Å². The molecule has 5 heterocycles. The molecule has 6 rings (SSSR count). The van der Waals surface area contributed by atoms with Crippen molar-refractivity contribution in [3.63, 3.8) is 0 Å². The Labute approximate surface area is 206 Å². The molecule has 0 aliphatic carbocycles. The number of imidazole rings is 1. The number of fused-ring (bicyclic) bond motifs is 1. The number of nitrogens with zero attached hydrogens (tertiary/aromatic N) is 7. The van der Waals surface area contributed by atoms with E-state index in [1.165, 1.54) is 18.5 Å². The maximum Gasteiger partial charge on any atom is 0.232 e. The fourth-order valence-electron chi connectivity index (χ4n) is 4.46. The summed E-state index contributed by atoms with van der Waals surface area (Å²) in [6.07, 6.45) is 3.36. The number of anilines is 2. The third kappa shape index (κ3) is 3.86. The number of pyridine rings is 1. The Morgan fingerprint density at radius 2 is 1.81 bits per heavy atom. The van der Waals surface area contributed by atoms with Gasteiger partial charge >= 0.3 is 0 Å². The smallest absolute Gasteiger partial charge is 0.232 e. The number of halogens is 1. The summed E-state index contributed by atoms with van der Waals surface area (Å²) in [4.78, 5) is 28.7. The first-order valence-corrected chi connectivity index (χ1v) is 11.6. The van der Waals surface area contributed by atoms with E-state index < -0.39 is 0 Å². The van der Waals surface area contributed by atoms with Gasteiger partial charge in [-0.15, -0.1) is 0 Å². The number of aromatic nitrogens is 6. The fraction of sp³-hybridized carbons (Fsp3) is 0.192. The lowest BCUT2D eigenvalue weighted by Crippen LogP contribution is -2.52. The molecule has 1 aliphatic heterocycles. The summed E-state index contributed by atoms with van der Waals surface area (Å²) in [6, 6.07) is 15.6. The van der Waals surface area contributed by atoms with Gasteiger partial charge in [-0.1, -0.05) is 6.07 Å². The molecule has 0 saturated carbocycles. The molecule has 1 aliphatic rings. The van der Waals surface area contributed by atoms with Crippen molar-refractivity contribution in [3.05, 3.63) is 84.3 Å². The van der Waals surface area contributed by atoms with Crippen molar-refractivity contribution in [2.24, 2.45) is 5.92 Å². The average molecular weight is 483 g/mol. The minimum Gasteiger partial charge on any atom is -0.355 e. The van der Waals surface area contributed by atoms with Crippen LogP contribution in [-0.4, -0.2) is 48.1 Å². The van der Waals surface area contributed by atoms with Crippen LogP contribution in [0.2, 0.25) is 0 Å². The van der Waals surface area contributed by atoms with E-state index in [4.69, 9.17) is 0 Å². The van der Waals surface area contributed by atoms with Crippen LogP contribution in [0.4, 0.5) is 16.0 Å². The van der Waals surface area contributed by atoms with E-state index in [0.29, 0.717) is 36.1 Å². The van der Waals surface area contributed by atoms with E-state index >= 15 is 0 Å². The summed E-state index contributed by atoms with van der Waals surface area (Å²) < 4.78 is 17.1. The first-order chi connectivity index (χ1) is 17.5. The van der Waals surface area contributed by atoms with Crippen molar-refractivity contribution in [2.45, 2.75) is 13.8 Å². The summed E-state index contributed by atoms with van der Waals surface area (Å²) in [5.41, 5.74) is 3.92. The lowest BCUT2D eigenvalue weighted by Gasteiger charge is -2.39. The zero-order valence-electron chi connectivity index (χ0n) is 19.8. The maximum absolute atomic E-state index is 13.5. The van der Waals surface area contributed by atoms with Gasteiger partial charge in [-0.25, -0.2) is 24.0 Å². The molecule has 1 saturated heterocycles. The molecule has 36 heavy (non-hydrogen) atoms. The number of rotatable bonds is 5. The zero-order chi connectivity index (χ0) is 24.8. The predicted molar refractivity (Wildman–Crippen MR) is 134 cm³/mol. The fourth-order valence-corrected chi connectivity index (χ4v) is 4.46. The van der Waals surface area contributed by atoms with E-state index in [-0.39, 0.29) is 17.6 Å². The van der Waals surface area contributed by atoms with Crippen LogP contribution in [0.15, 0.2) is 67.1 Å². The number of benzene rings is 1. The normalized spacial score (nSPS) is 13.7. The second kappa shape index (κ2) is 8.56. The molecule has 1 amide bonds. The Bertz CT molecular complexity index is 1580. The van der Waals surface area contributed by atoms with Crippen molar-refractivity contribution in [1.29, 1.82) is 0 Å². The van der Waals surface area contributed by atoms with Gasteiger partial charge in [0.2, 0.25) is 5.91 Å². The highest BCUT2D eigenvalue weighted by Crippen LogP contribution is 2.31. The molecular formula is C26H23FN8O. The lowest BCUT2D eigenvalue weighted by atomic mass is 9.99. The molecule has 4 aromatic heterocycles. The van der Waals surface area contributed by atoms with E-state index in [0.717, 1.165) is 22.8 Å². The van der Waals surface area contributed by atoms with Crippen molar-refractivity contribution < 1.29 is 9.18 Å². The number of nitrogens with one attached hydrogen (secondary N) is 1. The Hall–Kier alpha value is -4.60. The molecule has 0 radical (unpaired) electrons. The van der Waals surface area contributed by atoms with Crippen LogP contribution in [0.5, 0.6) is 0 Å². The molecule has 1 fully saturated rings. The van der Waals surface area contributed by atoms with Gasteiger partial charge in [0.15, 0.2) is 5.82 Å². The van der Waals surface area contributed by atoms with E-state index in [2.05, 4.69) is 25.4 Å². The minimum absolute atomic E-state index is 0.104. The highest BCUT2D eigenvalue weighted by Gasteiger charge is 2.34. The first kappa shape index (κ1) is 21.9. The van der Waals surface area contributed by atoms with Crippen molar-refractivity contribution in [2.75, 3.05) is 23.3 Å². The third-order valence-corrected chi connectivity index (χ3v) is 6.33. The van der Waals surface area contributed by atoms with Crippen LogP contribution in [0, 0.1) is 25.6 Å². The van der Waals surface area contributed by atoms with Crippen molar-refractivity contribution >= 4 is 23.2 Å². The minimum atomic E-state index is -0.326. The van der Waals surface area contributed by atoms with Gasteiger partial charge in [-0.05, 0) is 56.3 Å². The third-order valence-electron chi connectivity index (χ3n) is 6.33. The zero-order valence-corrected chi connectivity index (χ0v) is 19.8. The first-order valence-electron chi connectivity index (χ1n) is 11.6. The van der Waals surface area contributed by atoms with Gasteiger partial charge in [-0.3, -0.25) is 9.20 Å². The summed E-state index contributed by atoms with van der Waals surface area (Å²) in [5.74, 6) is 1.36. The van der Waals surface area contributed by atoms with Crippen LogP contribution in [0.3, 0.4) is 0 Å². The van der Waals surface area contributed by atoms with Gasteiger partial charge in [0.05, 0.1) is 11.6 Å². The number of hydrogen-bond acceptors (Lipinski definition) is 6. The van der Waals surface area contributed by atoms with Crippen LogP contribution in [0.25, 0.3) is 22.7 Å². The topological polar surface area (TPSA) is 93.2 Å². The number of carbonyl (C=O) groups excluding carboxylic acids is 1. The molecule has 180 valence electrons. The second-order valence-electron chi connectivity index (χ2n) is 8.91. The van der Waals surface area contributed by atoms with Crippen molar-refractivity contribution in [3.8, 4) is 17.1 Å². The Kier molecular flexibility index (Phi) is 5.21. The number of aryl methyl sites for hydroxylation is 2. The summed E-state index contributed by atoms with van der Waals surface area (Å²) >= 11 is 0. The van der Waals surface area contributed by atoms with E-state index in [1.54, 1.807) is 16.8 Å². The molecule has 0 unspecified atom stereocenters. The lowest BCUT2D eigenvalue weighted by molar-refractivity contribution is -0.120. The molecule has 9 nitrogen and oxygen atoms in total. The SMILES string of the molecule is Cc1cc(C)n(-c2cc(N3CC(C(=O)Nc4c(-c5ccc(F)cc5)nc5ccccn45)C3)ncn2)n1. The number of amides is 1. The predicted octanol–water partition coefficient (Wildman–Crippen LogP) is 3.81. The maximum atomic E-state index is 13.5. The molecule has 1 aromatic carbocycles. The highest BCUT2D eigenvalue weighted by atomic mass is 19.1. The molecular weight excluding hydrogens is 459 g/mol. The molecule has 0 spiro atoms. The quantitative estimate of drug-likeness (QED) is 0.410. The number of carbonyl (C=O) groups is 1. The van der Waals surface area contributed by atoms with Gasteiger partial charge in [0.1, 0.15) is 35.1 Å². The highest BCUT2D eigenvalue weighted by molar-refractivity contribution is 5.97. The molecule has 0 atom stereocenters. The standard InChI is InChI=1S/C26H23FN8O/c1-16-11-17(2)35(32-16)23-12-22(28-15-29-23)33-13-19(14-33)26(36)31-25-24(18-6-8-20(27)9-7-18)30-21-5-3-4-10-34(21)25/h3-12,15,19H,13-14H2,1-2H3,(H,31,36). The molecule has 5 aromatic rings. The van der Waals surface area contributed by atoms with E-state index in [9.17, 15) is 9.18 Å². The van der Waals surface area contributed by atoms with Gasteiger partial charge < -0.3 is 10.2 Å². The molecule has 10 heteroatoms. The Balaban J connectivity index is 1.21. The average Bonchev–Trinajstić information content (AvgIpc) is 3.38. The van der Waals surface area contributed by atoms with Crippen LogP contribution in [0.1, 0.15) is 11.4 Å². The monoisotopic (exact) mass is 482 g/mol. The molecule has 0 bridgehead atoms. The van der Waals surface area contributed by atoms with Crippen LogP contribution < -0.4 is 10.2 Å². The molecule has 1 N–H and O–H groups in total. The summed E-state index contributed by atoms with van der Waals surface area (Å²) in [7, 11) is 0.